The lowest BCUT2D eigenvalue weighted by atomic mass is 10.1. The summed E-state index contributed by atoms with van der Waals surface area (Å²) in [5.74, 6) is 1.59. The van der Waals surface area contributed by atoms with Gasteiger partial charge in [0.2, 0.25) is 0 Å². The van der Waals surface area contributed by atoms with Crippen LogP contribution in [0.3, 0.4) is 0 Å². The molecule has 1 fully saturated rings. The van der Waals surface area contributed by atoms with Crippen molar-refractivity contribution in [2.75, 3.05) is 5.88 Å². The predicted molar refractivity (Wildman–Crippen MR) is 74.3 cm³/mol. The van der Waals surface area contributed by atoms with Crippen LogP contribution in [0.5, 0.6) is 0 Å². The molecule has 1 saturated carbocycles. The lowest BCUT2D eigenvalue weighted by Gasteiger charge is -2.12. The van der Waals surface area contributed by atoms with Crippen LogP contribution in [0.15, 0.2) is 12.3 Å². The average molecular weight is 284 g/mol. The topological polar surface area (TPSA) is 30.7 Å². The first kappa shape index (κ1) is 12.2. The van der Waals surface area contributed by atoms with Crippen molar-refractivity contribution in [3.63, 3.8) is 0 Å². The average Bonchev–Trinajstić information content (AvgIpc) is 2.96. The molecule has 5 heteroatoms. The van der Waals surface area contributed by atoms with Crippen LogP contribution in [0.4, 0.5) is 0 Å². The second kappa shape index (κ2) is 4.39. The Bertz CT molecular complexity index is 587. The number of hydrogen-bond donors (Lipinski definition) is 0. The van der Waals surface area contributed by atoms with Crippen LogP contribution in [0.2, 0.25) is 5.02 Å². The van der Waals surface area contributed by atoms with E-state index in [-0.39, 0.29) is 0 Å². The van der Waals surface area contributed by atoms with Gasteiger partial charge in [-0.2, -0.15) is 0 Å². The number of rotatable bonds is 4. The van der Waals surface area contributed by atoms with E-state index in [2.05, 4.69) is 21.5 Å². The van der Waals surface area contributed by atoms with E-state index in [0.29, 0.717) is 16.3 Å². The molecular formula is C13H15Cl2N3. The van der Waals surface area contributed by atoms with Gasteiger partial charge in [0, 0.05) is 25.0 Å². The van der Waals surface area contributed by atoms with Crippen LogP contribution < -0.4 is 0 Å². The number of imidazole rings is 1. The highest BCUT2D eigenvalue weighted by Gasteiger charge is 2.38. The van der Waals surface area contributed by atoms with E-state index in [1.807, 2.05) is 6.07 Å². The molecule has 0 aliphatic heterocycles. The van der Waals surface area contributed by atoms with Gasteiger partial charge in [0.1, 0.15) is 11.3 Å². The van der Waals surface area contributed by atoms with E-state index in [1.54, 1.807) is 6.20 Å². The first-order valence-electron chi connectivity index (χ1n) is 6.18. The van der Waals surface area contributed by atoms with E-state index in [9.17, 15) is 0 Å². The monoisotopic (exact) mass is 283 g/mol. The summed E-state index contributed by atoms with van der Waals surface area (Å²) in [4.78, 5) is 9.03. The Morgan fingerprint density at radius 2 is 2.22 bits per heavy atom. The van der Waals surface area contributed by atoms with Gasteiger partial charge in [-0.1, -0.05) is 18.5 Å². The second-order valence-corrected chi connectivity index (χ2v) is 6.17. The molecule has 0 spiro atoms. The van der Waals surface area contributed by atoms with Crippen molar-refractivity contribution in [2.45, 2.75) is 32.7 Å². The number of hydrogen-bond acceptors (Lipinski definition) is 2. The predicted octanol–water partition coefficient (Wildman–Crippen LogP) is 3.67. The van der Waals surface area contributed by atoms with Gasteiger partial charge >= 0.3 is 0 Å². The molecule has 0 N–H and O–H groups in total. The van der Waals surface area contributed by atoms with Gasteiger partial charge < -0.3 is 4.57 Å². The fraction of sp³-hybridized carbons (Fsp3) is 0.538. The molecule has 0 amide bonds. The highest BCUT2D eigenvalue weighted by molar-refractivity contribution is 6.31. The number of fused-ring (bicyclic) bond motifs is 1. The molecule has 18 heavy (non-hydrogen) atoms. The lowest BCUT2D eigenvalue weighted by molar-refractivity contribution is 0.460. The number of aryl methyl sites for hydroxylation is 1. The summed E-state index contributed by atoms with van der Waals surface area (Å²) in [5.41, 5.74) is 2.20. The Morgan fingerprint density at radius 1 is 1.44 bits per heavy atom. The molecule has 96 valence electrons. The van der Waals surface area contributed by atoms with Crippen molar-refractivity contribution < 1.29 is 0 Å². The maximum atomic E-state index is 5.96. The van der Waals surface area contributed by atoms with Gasteiger partial charge in [0.05, 0.1) is 5.02 Å². The van der Waals surface area contributed by atoms with Crippen LogP contribution in [0, 0.1) is 5.41 Å². The number of alkyl halides is 1. The summed E-state index contributed by atoms with van der Waals surface area (Å²) in [6.07, 6.45) is 5.01. The normalized spacial score (nSPS) is 17.3. The van der Waals surface area contributed by atoms with Gasteiger partial charge in [-0.05, 0) is 24.3 Å². The maximum Gasteiger partial charge on any atom is 0.160 e. The Kier molecular flexibility index (Phi) is 2.99. The standard InChI is InChI=1S/C13H15Cl2N3/c1-13(3-4-13)8-18-11(2-5-14)17-10-6-9(15)7-16-12(10)18/h6-7H,2-5,8H2,1H3. The Balaban J connectivity index is 2.09. The minimum absolute atomic E-state index is 0.413. The number of nitrogens with zero attached hydrogens (tertiary/aromatic N) is 3. The Morgan fingerprint density at radius 3 is 2.89 bits per heavy atom. The van der Waals surface area contributed by atoms with Crippen LogP contribution >= 0.6 is 23.2 Å². The quantitative estimate of drug-likeness (QED) is 0.802. The third-order valence-corrected chi connectivity index (χ3v) is 3.99. The molecule has 0 radical (unpaired) electrons. The van der Waals surface area contributed by atoms with Crippen LogP contribution in [0.1, 0.15) is 25.6 Å². The Labute approximate surface area is 116 Å². The molecule has 0 saturated heterocycles. The Hall–Kier alpha value is -0.800. The van der Waals surface area contributed by atoms with Crippen LogP contribution in [-0.2, 0) is 13.0 Å². The minimum atomic E-state index is 0.413. The third kappa shape index (κ3) is 2.21. The zero-order valence-electron chi connectivity index (χ0n) is 10.3. The van der Waals surface area contributed by atoms with E-state index in [0.717, 1.165) is 30.0 Å². The highest BCUT2D eigenvalue weighted by Crippen LogP contribution is 2.47. The molecule has 0 bridgehead atoms. The largest absolute Gasteiger partial charge is 0.312 e. The zero-order chi connectivity index (χ0) is 12.8. The van der Waals surface area contributed by atoms with Crippen molar-refractivity contribution in [3.05, 3.63) is 23.1 Å². The molecule has 2 aromatic heterocycles. The van der Waals surface area contributed by atoms with Crippen molar-refractivity contribution in [1.82, 2.24) is 14.5 Å². The molecule has 0 aromatic carbocycles. The summed E-state index contributed by atoms with van der Waals surface area (Å²) >= 11 is 11.8. The van der Waals surface area contributed by atoms with E-state index in [1.165, 1.54) is 12.8 Å². The summed E-state index contributed by atoms with van der Waals surface area (Å²) in [6.45, 7) is 3.28. The molecule has 0 unspecified atom stereocenters. The second-order valence-electron chi connectivity index (χ2n) is 5.36. The van der Waals surface area contributed by atoms with Gasteiger partial charge in [-0.15, -0.1) is 11.6 Å². The number of aromatic nitrogens is 3. The molecule has 0 atom stereocenters. The number of halogens is 2. The van der Waals surface area contributed by atoms with Crippen LogP contribution in [-0.4, -0.2) is 20.4 Å². The summed E-state index contributed by atoms with van der Waals surface area (Å²) in [7, 11) is 0. The maximum absolute atomic E-state index is 5.96. The fourth-order valence-corrected chi connectivity index (χ4v) is 2.55. The molecule has 1 aliphatic carbocycles. The van der Waals surface area contributed by atoms with Gasteiger partial charge in [0.25, 0.3) is 0 Å². The first-order chi connectivity index (χ1) is 8.61. The summed E-state index contributed by atoms with van der Waals surface area (Å²) in [5, 5.41) is 0.627. The molecule has 3 rings (SSSR count). The molecule has 1 aliphatic rings. The van der Waals surface area contributed by atoms with Gasteiger partial charge in [-0.25, -0.2) is 9.97 Å². The van der Waals surface area contributed by atoms with Crippen LogP contribution in [0.25, 0.3) is 11.2 Å². The zero-order valence-corrected chi connectivity index (χ0v) is 11.8. The van der Waals surface area contributed by atoms with Gasteiger partial charge in [-0.3, -0.25) is 0 Å². The van der Waals surface area contributed by atoms with E-state index >= 15 is 0 Å². The summed E-state index contributed by atoms with van der Waals surface area (Å²) < 4.78 is 2.21. The van der Waals surface area contributed by atoms with Crippen molar-refractivity contribution >= 4 is 34.4 Å². The van der Waals surface area contributed by atoms with Gasteiger partial charge in [0.15, 0.2) is 5.65 Å². The van der Waals surface area contributed by atoms with Crippen molar-refractivity contribution in [1.29, 1.82) is 0 Å². The van der Waals surface area contributed by atoms with Crippen molar-refractivity contribution in [2.24, 2.45) is 5.41 Å². The third-order valence-electron chi connectivity index (χ3n) is 3.59. The molecule has 3 nitrogen and oxygen atoms in total. The molecule has 2 heterocycles. The lowest BCUT2D eigenvalue weighted by Crippen LogP contribution is -2.12. The molecular weight excluding hydrogens is 269 g/mol. The number of pyridine rings is 1. The SMILES string of the molecule is CC1(Cn2c(CCCl)nc3cc(Cl)cnc32)CC1. The minimum Gasteiger partial charge on any atom is -0.312 e. The smallest absolute Gasteiger partial charge is 0.160 e. The first-order valence-corrected chi connectivity index (χ1v) is 7.09. The molecule has 2 aromatic rings. The van der Waals surface area contributed by atoms with E-state index in [4.69, 9.17) is 23.2 Å². The summed E-state index contributed by atoms with van der Waals surface area (Å²) in [6, 6.07) is 1.87. The van der Waals surface area contributed by atoms with Crippen molar-refractivity contribution in [3.8, 4) is 0 Å². The fourth-order valence-electron chi connectivity index (χ4n) is 2.23. The van der Waals surface area contributed by atoms with E-state index < -0.39 is 0 Å². The highest BCUT2D eigenvalue weighted by atomic mass is 35.5.